The van der Waals surface area contributed by atoms with Gasteiger partial charge in [0.05, 0.1) is 0 Å². The topological polar surface area (TPSA) is 17.1 Å². The van der Waals surface area contributed by atoms with Gasteiger partial charge in [-0.1, -0.05) is 25.3 Å². The number of ketones is 1. The highest BCUT2D eigenvalue weighted by molar-refractivity contribution is 5.91. The fourth-order valence-electron chi connectivity index (χ4n) is 6.24. The summed E-state index contributed by atoms with van der Waals surface area (Å²) < 4.78 is 0. The normalized spacial score (nSPS) is 49.1. The molecule has 0 aromatic carbocycles. The summed E-state index contributed by atoms with van der Waals surface area (Å²) in [6.07, 6.45) is 12.9. The van der Waals surface area contributed by atoms with Gasteiger partial charge in [-0.05, 0) is 73.7 Å². The van der Waals surface area contributed by atoms with Crippen molar-refractivity contribution in [2.75, 3.05) is 0 Å². The third-order valence-corrected chi connectivity index (χ3v) is 6.83. The van der Waals surface area contributed by atoms with Crippen molar-refractivity contribution in [2.45, 2.75) is 58.3 Å². The highest BCUT2D eigenvalue weighted by Crippen LogP contribution is 2.57. The number of rotatable bonds is 0. The molecule has 0 bridgehead atoms. The Morgan fingerprint density at radius 1 is 1.00 bits per heavy atom. The fourth-order valence-corrected chi connectivity index (χ4v) is 6.24. The summed E-state index contributed by atoms with van der Waals surface area (Å²) in [6, 6.07) is 0. The Kier molecular flexibility index (Phi) is 2.86. The molecule has 0 aromatic heterocycles. The van der Waals surface area contributed by atoms with Crippen LogP contribution in [0.2, 0.25) is 0 Å². The van der Waals surface area contributed by atoms with Crippen molar-refractivity contribution in [1.82, 2.24) is 0 Å². The molecule has 0 aliphatic heterocycles. The van der Waals surface area contributed by atoms with E-state index >= 15 is 0 Å². The van der Waals surface area contributed by atoms with Crippen LogP contribution >= 0.6 is 0 Å². The van der Waals surface area contributed by atoms with Gasteiger partial charge in [-0.15, -0.1) is 0 Å². The molecule has 0 heterocycles. The quantitative estimate of drug-likeness (QED) is 0.630. The highest BCUT2D eigenvalue weighted by Gasteiger charge is 2.48. The first kappa shape index (κ1) is 12.2. The van der Waals surface area contributed by atoms with Gasteiger partial charge in [-0.2, -0.15) is 0 Å². The maximum atomic E-state index is 11.8. The lowest BCUT2D eigenvalue weighted by Crippen LogP contribution is -2.43. The van der Waals surface area contributed by atoms with Gasteiger partial charge in [-0.25, -0.2) is 0 Å². The van der Waals surface area contributed by atoms with Crippen LogP contribution in [0.4, 0.5) is 0 Å². The van der Waals surface area contributed by atoms with Crippen molar-refractivity contribution < 1.29 is 4.79 Å². The number of hydrogen-bond acceptors (Lipinski definition) is 1. The predicted molar refractivity (Wildman–Crippen MR) is 76.6 cm³/mol. The molecule has 0 radical (unpaired) electrons. The minimum absolute atomic E-state index is 0.395. The lowest BCUT2D eigenvalue weighted by Gasteiger charge is -2.50. The van der Waals surface area contributed by atoms with Crippen LogP contribution in [0.15, 0.2) is 11.6 Å². The van der Waals surface area contributed by atoms with E-state index in [4.69, 9.17) is 0 Å². The molecule has 6 atom stereocenters. The number of allylic oxidation sites excluding steroid dienone is 1. The SMILES string of the molecule is CC1CC(=O)C=C2CCC3C4CCCC4CCC3C21. The second-order valence-electron chi connectivity index (χ2n) is 7.69. The van der Waals surface area contributed by atoms with Crippen LogP contribution in [0, 0.1) is 35.5 Å². The second kappa shape index (κ2) is 4.46. The van der Waals surface area contributed by atoms with E-state index in [1.54, 1.807) is 0 Å². The van der Waals surface area contributed by atoms with E-state index in [0.717, 1.165) is 36.0 Å². The van der Waals surface area contributed by atoms with Crippen molar-refractivity contribution in [3.05, 3.63) is 11.6 Å². The number of carbonyl (C=O) groups excluding carboxylic acids is 1. The van der Waals surface area contributed by atoms with Crippen molar-refractivity contribution in [3.8, 4) is 0 Å². The molecular weight excluding hydrogens is 232 g/mol. The van der Waals surface area contributed by atoms with E-state index in [-0.39, 0.29) is 0 Å². The molecule has 4 aliphatic rings. The Balaban J connectivity index is 1.64. The van der Waals surface area contributed by atoms with Crippen LogP contribution in [0.3, 0.4) is 0 Å². The van der Waals surface area contributed by atoms with Crippen LogP contribution in [0.25, 0.3) is 0 Å². The molecule has 0 spiro atoms. The zero-order valence-electron chi connectivity index (χ0n) is 12.1. The van der Waals surface area contributed by atoms with Crippen molar-refractivity contribution in [2.24, 2.45) is 35.5 Å². The predicted octanol–water partition coefficient (Wildman–Crippen LogP) is 4.37. The van der Waals surface area contributed by atoms with Gasteiger partial charge in [0.2, 0.25) is 0 Å². The summed E-state index contributed by atoms with van der Waals surface area (Å²) >= 11 is 0. The molecule has 0 saturated heterocycles. The summed E-state index contributed by atoms with van der Waals surface area (Å²) in [5.74, 6) is 5.79. The van der Waals surface area contributed by atoms with Crippen LogP contribution in [-0.2, 0) is 4.79 Å². The Bertz CT molecular complexity index is 421. The molecule has 3 saturated carbocycles. The van der Waals surface area contributed by atoms with E-state index in [1.807, 2.05) is 6.08 Å². The van der Waals surface area contributed by atoms with Gasteiger partial charge in [0.1, 0.15) is 0 Å². The van der Waals surface area contributed by atoms with Crippen LogP contribution < -0.4 is 0 Å². The third-order valence-electron chi connectivity index (χ3n) is 6.83. The molecule has 6 unspecified atom stereocenters. The van der Waals surface area contributed by atoms with Gasteiger partial charge < -0.3 is 0 Å². The molecule has 0 aromatic rings. The zero-order chi connectivity index (χ0) is 13.0. The lowest BCUT2D eigenvalue weighted by atomic mass is 9.54. The van der Waals surface area contributed by atoms with Gasteiger partial charge in [0.25, 0.3) is 0 Å². The van der Waals surface area contributed by atoms with Gasteiger partial charge in [0, 0.05) is 6.42 Å². The highest BCUT2D eigenvalue weighted by atomic mass is 16.1. The second-order valence-corrected chi connectivity index (χ2v) is 7.69. The van der Waals surface area contributed by atoms with E-state index in [0.29, 0.717) is 11.7 Å². The van der Waals surface area contributed by atoms with E-state index in [1.165, 1.54) is 50.5 Å². The number of carbonyl (C=O) groups is 1. The molecule has 1 heteroatoms. The monoisotopic (exact) mass is 258 g/mol. The first-order valence-electron chi connectivity index (χ1n) is 8.47. The molecule has 3 fully saturated rings. The molecule has 4 rings (SSSR count). The van der Waals surface area contributed by atoms with Crippen molar-refractivity contribution in [3.63, 3.8) is 0 Å². The van der Waals surface area contributed by atoms with Gasteiger partial charge in [0.15, 0.2) is 5.78 Å². The summed E-state index contributed by atoms with van der Waals surface area (Å²) in [7, 11) is 0. The summed E-state index contributed by atoms with van der Waals surface area (Å²) in [5, 5.41) is 0. The summed E-state index contributed by atoms with van der Waals surface area (Å²) in [4.78, 5) is 11.8. The summed E-state index contributed by atoms with van der Waals surface area (Å²) in [6.45, 7) is 2.33. The standard InChI is InChI=1S/C18H26O/c1-11-9-14(19)10-13-6-7-16-15-4-2-3-12(15)5-8-17(16)18(11)13/h10-12,15-18H,2-9H2,1H3. The van der Waals surface area contributed by atoms with E-state index in [2.05, 4.69) is 6.92 Å². The fraction of sp³-hybridized carbons (Fsp3) is 0.833. The number of hydrogen-bond donors (Lipinski definition) is 0. The van der Waals surface area contributed by atoms with E-state index in [9.17, 15) is 4.79 Å². The minimum atomic E-state index is 0.395. The lowest BCUT2D eigenvalue weighted by molar-refractivity contribution is -0.117. The van der Waals surface area contributed by atoms with Crippen molar-refractivity contribution >= 4 is 5.78 Å². The Labute approximate surface area is 116 Å². The molecular formula is C18H26O. The molecule has 19 heavy (non-hydrogen) atoms. The maximum Gasteiger partial charge on any atom is 0.155 e. The molecule has 1 nitrogen and oxygen atoms in total. The molecule has 0 N–H and O–H groups in total. The first-order chi connectivity index (χ1) is 9.24. The van der Waals surface area contributed by atoms with Gasteiger partial charge in [-0.3, -0.25) is 4.79 Å². The number of fused-ring (bicyclic) bond motifs is 5. The largest absolute Gasteiger partial charge is 0.295 e. The minimum Gasteiger partial charge on any atom is -0.295 e. The van der Waals surface area contributed by atoms with Gasteiger partial charge >= 0.3 is 0 Å². The van der Waals surface area contributed by atoms with Crippen LogP contribution in [0.1, 0.15) is 58.3 Å². The Morgan fingerprint density at radius 3 is 2.79 bits per heavy atom. The maximum absolute atomic E-state index is 11.8. The van der Waals surface area contributed by atoms with Crippen molar-refractivity contribution in [1.29, 1.82) is 0 Å². The van der Waals surface area contributed by atoms with Crippen LogP contribution in [-0.4, -0.2) is 5.78 Å². The summed E-state index contributed by atoms with van der Waals surface area (Å²) in [5.41, 5.74) is 1.53. The molecule has 104 valence electrons. The third kappa shape index (κ3) is 1.84. The molecule has 0 amide bonds. The average Bonchev–Trinajstić information content (AvgIpc) is 2.85. The zero-order valence-corrected chi connectivity index (χ0v) is 12.1. The smallest absolute Gasteiger partial charge is 0.155 e. The van der Waals surface area contributed by atoms with E-state index < -0.39 is 0 Å². The first-order valence-corrected chi connectivity index (χ1v) is 8.47. The average molecular weight is 258 g/mol. The Morgan fingerprint density at radius 2 is 1.89 bits per heavy atom. The molecule has 4 aliphatic carbocycles. The van der Waals surface area contributed by atoms with Crippen LogP contribution in [0.5, 0.6) is 0 Å². The Hall–Kier alpha value is -0.590.